The van der Waals surface area contributed by atoms with Crippen LogP contribution in [0.2, 0.25) is 0 Å². The van der Waals surface area contributed by atoms with Crippen LogP contribution in [0.5, 0.6) is 0 Å². The number of benzene rings is 1. The number of amides is 2. The van der Waals surface area contributed by atoms with Crippen LogP contribution in [0.1, 0.15) is 27.2 Å². The Hall–Kier alpha value is -2.70. The van der Waals surface area contributed by atoms with Crippen molar-refractivity contribution in [2.75, 3.05) is 19.6 Å². The highest BCUT2D eigenvalue weighted by Gasteiger charge is 2.28. The van der Waals surface area contributed by atoms with Crippen molar-refractivity contribution in [3.05, 3.63) is 46.8 Å². The molecule has 0 radical (unpaired) electrons. The number of carbonyl (C=O) groups is 2. The smallest absolute Gasteiger partial charge is 0.276 e. The summed E-state index contributed by atoms with van der Waals surface area (Å²) in [6, 6.07) is 6.29. The number of aryl methyl sites for hydroxylation is 2. The number of H-pyrrole nitrogens is 1. The predicted molar refractivity (Wildman–Crippen MR) is 83.6 cm³/mol. The van der Waals surface area contributed by atoms with E-state index < -0.39 is 0 Å². The molecule has 1 aromatic carbocycles. The topological polar surface area (TPSA) is 82.2 Å². The molecule has 1 aliphatic rings. The van der Waals surface area contributed by atoms with E-state index in [0.717, 1.165) is 5.56 Å². The summed E-state index contributed by atoms with van der Waals surface area (Å²) in [5, 5.41) is 9.81. The molecule has 0 unspecified atom stereocenters. The van der Waals surface area contributed by atoms with E-state index in [9.17, 15) is 9.59 Å². The molecule has 0 saturated carbocycles. The van der Waals surface area contributed by atoms with Gasteiger partial charge in [0, 0.05) is 19.6 Å². The van der Waals surface area contributed by atoms with E-state index in [1.165, 1.54) is 22.2 Å². The second-order valence-corrected chi connectivity index (χ2v) is 5.89. The number of nitrogens with one attached hydrogen (secondary N) is 1. The van der Waals surface area contributed by atoms with Gasteiger partial charge in [-0.2, -0.15) is 15.4 Å². The first-order chi connectivity index (χ1) is 11.0. The molecule has 7 heteroatoms. The highest BCUT2D eigenvalue weighted by molar-refractivity contribution is 5.95. The Morgan fingerprint density at radius 2 is 1.96 bits per heavy atom. The van der Waals surface area contributed by atoms with Gasteiger partial charge in [-0.3, -0.25) is 9.59 Å². The summed E-state index contributed by atoms with van der Waals surface area (Å²) >= 11 is 0. The zero-order valence-electron chi connectivity index (χ0n) is 13.2. The third-order valence-corrected chi connectivity index (χ3v) is 3.89. The standard InChI is InChI=1S/C16H19N5O2/c1-11-5-12(2)7-13(6-11)9-20-3-4-21(10-15(20)22)16(23)14-8-17-19-18-14/h5-8H,3-4,9-10H2,1-2H3,(H,17,18,19). The molecule has 1 saturated heterocycles. The lowest BCUT2D eigenvalue weighted by Crippen LogP contribution is -2.51. The maximum Gasteiger partial charge on any atom is 0.276 e. The maximum absolute atomic E-state index is 12.3. The predicted octanol–water partition coefficient (Wildman–Crippen LogP) is 0.906. The van der Waals surface area contributed by atoms with Crippen molar-refractivity contribution in [3.8, 4) is 0 Å². The second kappa shape index (κ2) is 6.20. The Labute approximate surface area is 134 Å². The second-order valence-electron chi connectivity index (χ2n) is 5.89. The van der Waals surface area contributed by atoms with Gasteiger partial charge >= 0.3 is 0 Å². The molecule has 7 nitrogen and oxygen atoms in total. The lowest BCUT2D eigenvalue weighted by atomic mass is 10.1. The summed E-state index contributed by atoms with van der Waals surface area (Å²) in [7, 11) is 0. The van der Waals surface area contributed by atoms with Crippen LogP contribution in [-0.2, 0) is 11.3 Å². The molecule has 2 amide bonds. The first-order valence-corrected chi connectivity index (χ1v) is 7.53. The molecule has 0 aliphatic carbocycles. The number of carbonyl (C=O) groups excluding carboxylic acids is 2. The average Bonchev–Trinajstić information content (AvgIpc) is 3.02. The molecule has 2 heterocycles. The minimum absolute atomic E-state index is 0.0488. The number of nitrogens with zero attached hydrogens (tertiary/aromatic N) is 4. The molecule has 1 fully saturated rings. The maximum atomic E-state index is 12.3. The Morgan fingerprint density at radius 3 is 2.57 bits per heavy atom. The number of aromatic nitrogens is 3. The quantitative estimate of drug-likeness (QED) is 0.913. The Balaban J connectivity index is 1.65. The number of rotatable bonds is 3. The van der Waals surface area contributed by atoms with Crippen molar-refractivity contribution in [2.24, 2.45) is 0 Å². The minimum Gasteiger partial charge on any atom is -0.335 e. The van der Waals surface area contributed by atoms with E-state index in [1.807, 2.05) is 13.8 Å². The fourth-order valence-electron chi connectivity index (χ4n) is 2.90. The van der Waals surface area contributed by atoms with Gasteiger partial charge in [0.15, 0.2) is 5.69 Å². The summed E-state index contributed by atoms with van der Waals surface area (Å²) in [6.45, 7) is 5.78. The van der Waals surface area contributed by atoms with Crippen LogP contribution >= 0.6 is 0 Å². The summed E-state index contributed by atoms with van der Waals surface area (Å²) in [5.74, 6) is -0.314. The van der Waals surface area contributed by atoms with Crippen molar-refractivity contribution in [1.29, 1.82) is 0 Å². The van der Waals surface area contributed by atoms with Gasteiger partial charge in [-0.1, -0.05) is 29.3 Å². The largest absolute Gasteiger partial charge is 0.335 e. The molecule has 3 rings (SSSR count). The molecule has 0 bridgehead atoms. The molecular formula is C16H19N5O2. The van der Waals surface area contributed by atoms with Crippen molar-refractivity contribution in [1.82, 2.24) is 25.2 Å². The number of hydrogen-bond acceptors (Lipinski definition) is 4. The van der Waals surface area contributed by atoms with Crippen molar-refractivity contribution in [2.45, 2.75) is 20.4 Å². The summed E-state index contributed by atoms with van der Waals surface area (Å²) in [5.41, 5.74) is 3.73. The van der Waals surface area contributed by atoms with E-state index in [1.54, 1.807) is 4.90 Å². The van der Waals surface area contributed by atoms with E-state index in [4.69, 9.17) is 0 Å². The third-order valence-electron chi connectivity index (χ3n) is 3.89. The lowest BCUT2D eigenvalue weighted by Gasteiger charge is -2.34. The molecule has 1 N–H and O–H groups in total. The summed E-state index contributed by atoms with van der Waals surface area (Å²) in [4.78, 5) is 27.8. The Bertz CT molecular complexity index is 706. The van der Waals surface area contributed by atoms with Crippen LogP contribution in [0.4, 0.5) is 0 Å². The van der Waals surface area contributed by atoms with Gasteiger partial charge in [0.1, 0.15) is 6.54 Å². The van der Waals surface area contributed by atoms with Crippen LogP contribution in [-0.4, -0.2) is 56.7 Å². The van der Waals surface area contributed by atoms with Crippen molar-refractivity contribution >= 4 is 11.8 Å². The third kappa shape index (κ3) is 3.39. The molecule has 0 spiro atoms. The molecule has 1 aliphatic heterocycles. The van der Waals surface area contributed by atoms with Crippen LogP contribution < -0.4 is 0 Å². The lowest BCUT2D eigenvalue weighted by molar-refractivity contribution is -0.135. The fraction of sp³-hybridized carbons (Fsp3) is 0.375. The number of aromatic amines is 1. The van der Waals surface area contributed by atoms with Gasteiger partial charge in [-0.15, -0.1) is 0 Å². The molecule has 1 aromatic heterocycles. The fourth-order valence-corrected chi connectivity index (χ4v) is 2.90. The monoisotopic (exact) mass is 313 g/mol. The first-order valence-electron chi connectivity index (χ1n) is 7.53. The number of hydrogen-bond donors (Lipinski definition) is 1. The van der Waals surface area contributed by atoms with Crippen LogP contribution in [0, 0.1) is 13.8 Å². The minimum atomic E-state index is -0.266. The van der Waals surface area contributed by atoms with E-state index in [2.05, 4.69) is 33.6 Å². The molecule has 2 aromatic rings. The van der Waals surface area contributed by atoms with E-state index in [-0.39, 0.29) is 24.1 Å². The van der Waals surface area contributed by atoms with Gasteiger partial charge < -0.3 is 9.80 Å². The average molecular weight is 313 g/mol. The summed E-state index contributed by atoms with van der Waals surface area (Å²) in [6.07, 6.45) is 1.37. The van der Waals surface area contributed by atoms with Gasteiger partial charge in [0.2, 0.25) is 5.91 Å². The molecule has 0 atom stereocenters. The van der Waals surface area contributed by atoms with E-state index >= 15 is 0 Å². The van der Waals surface area contributed by atoms with Crippen LogP contribution in [0.25, 0.3) is 0 Å². The van der Waals surface area contributed by atoms with Crippen molar-refractivity contribution in [3.63, 3.8) is 0 Å². The van der Waals surface area contributed by atoms with Crippen LogP contribution in [0.3, 0.4) is 0 Å². The van der Waals surface area contributed by atoms with Gasteiger partial charge in [0.05, 0.1) is 6.20 Å². The van der Waals surface area contributed by atoms with Gasteiger partial charge in [-0.05, 0) is 19.4 Å². The Kier molecular flexibility index (Phi) is 4.10. The highest BCUT2D eigenvalue weighted by atomic mass is 16.2. The highest BCUT2D eigenvalue weighted by Crippen LogP contribution is 2.14. The van der Waals surface area contributed by atoms with Crippen molar-refractivity contribution < 1.29 is 9.59 Å². The first kappa shape index (κ1) is 15.2. The summed E-state index contributed by atoms with van der Waals surface area (Å²) < 4.78 is 0. The number of piperazine rings is 1. The molecule has 120 valence electrons. The molecule has 23 heavy (non-hydrogen) atoms. The zero-order chi connectivity index (χ0) is 16.4. The van der Waals surface area contributed by atoms with E-state index in [0.29, 0.717) is 19.6 Å². The molecular weight excluding hydrogens is 294 g/mol. The van der Waals surface area contributed by atoms with Gasteiger partial charge in [-0.25, -0.2) is 0 Å². The zero-order valence-corrected chi connectivity index (χ0v) is 13.2. The van der Waals surface area contributed by atoms with Gasteiger partial charge in [0.25, 0.3) is 5.91 Å². The van der Waals surface area contributed by atoms with Crippen LogP contribution in [0.15, 0.2) is 24.4 Å². The normalized spacial score (nSPS) is 15.1. The Morgan fingerprint density at radius 1 is 1.22 bits per heavy atom. The SMILES string of the molecule is Cc1cc(C)cc(CN2CCN(C(=O)c3cn[nH]n3)CC2=O)c1.